The van der Waals surface area contributed by atoms with E-state index in [-0.39, 0.29) is 62.2 Å². The molecule has 3 aliphatic rings. The van der Waals surface area contributed by atoms with Crippen LogP contribution in [0.5, 0.6) is 11.5 Å². The molecule has 28 nitrogen and oxygen atoms in total. The lowest BCUT2D eigenvalue weighted by atomic mass is 9.93. The zero-order valence-electron chi connectivity index (χ0n) is 77.7. The summed E-state index contributed by atoms with van der Waals surface area (Å²) in [6, 6.07) is 25.1. The maximum absolute atomic E-state index is 14.2. The normalized spacial score (nSPS) is 20.4. The molecular weight excluding hydrogens is 1600 g/mol. The Morgan fingerprint density at radius 1 is 0.331 bits per heavy atom. The van der Waals surface area contributed by atoms with E-state index in [1.54, 1.807) is 238 Å². The fourth-order valence-corrected chi connectivity index (χ4v) is 12.8. The summed E-state index contributed by atoms with van der Waals surface area (Å²) in [7, 11) is 0. The number of aryl methyl sites for hydroxylation is 2. The second-order valence-corrected chi connectivity index (χ2v) is 40.2. The fraction of sp³-hybridized carbons (Fsp3) is 0.625. The summed E-state index contributed by atoms with van der Waals surface area (Å²) >= 11 is 0. The van der Waals surface area contributed by atoms with Gasteiger partial charge in [0.2, 0.25) is 36.6 Å². The van der Waals surface area contributed by atoms with E-state index in [0.29, 0.717) is 85.2 Å². The average Bonchev–Trinajstić information content (AvgIpc) is 0.768. The Morgan fingerprint density at radius 2 is 0.613 bits per heavy atom. The maximum atomic E-state index is 14.2. The molecule has 0 aromatic heterocycles. The van der Waals surface area contributed by atoms with Crippen molar-refractivity contribution in [1.82, 2.24) is 9.80 Å². The van der Waals surface area contributed by atoms with Gasteiger partial charge in [-0.25, -0.2) is 0 Å². The predicted octanol–water partition coefficient (Wildman–Crippen LogP) is 14.4. The number of piperazine rings is 1. The van der Waals surface area contributed by atoms with Crippen LogP contribution in [0.1, 0.15) is 228 Å². The number of carbonyl (C=O) groups is 12. The number of ether oxygens (including phenoxy) is 14. The molecule has 684 valence electrons. The van der Waals surface area contributed by atoms with Crippen molar-refractivity contribution in [1.29, 1.82) is 0 Å². The number of hydrogen-bond donors (Lipinski definition) is 0. The Hall–Kier alpha value is -9.96. The van der Waals surface area contributed by atoms with Crippen molar-refractivity contribution in [2.45, 2.75) is 293 Å². The van der Waals surface area contributed by atoms with Crippen LogP contribution in [0.3, 0.4) is 0 Å². The number of amides is 2. The van der Waals surface area contributed by atoms with E-state index in [1.807, 2.05) is 36.4 Å². The van der Waals surface area contributed by atoms with Gasteiger partial charge in [-0.15, -0.1) is 0 Å². The van der Waals surface area contributed by atoms with Gasteiger partial charge in [0, 0.05) is 50.1 Å². The molecule has 0 spiro atoms. The minimum absolute atomic E-state index is 0.0607. The summed E-state index contributed by atoms with van der Waals surface area (Å²) in [4.78, 5) is 169. The molecule has 10 atom stereocenters. The first-order valence-corrected chi connectivity index (χ1v) is 42.9. The van der Waals surface area contributed by atoms with Crippen LogP contribution in [0, 0.1) is 43.3 Å². The van der Waals surface area contributed by atoms with Crippen LogP contribution in [0.4, 0.5) is 0 Å². The molecule has 0 aliphatic carbocycles. The van der Waals surface area contributed by atoms with Crippen LogP contribution in [-0.2, 0) is 140 Å². The van der Waals surface area contributed by atoms with Gasteiger partial charge in [-0.3, -0.25) is 57.5 Å². The van der Waals surface area contributed by atoms with Gasteiger partial charge < -0.3 is 76.1 Å². The molecule has 0 saturated carbocycles. The lowest BCUT2D eigenvalue weighted by Gasteiger charge is -2.45. The number of benzene rings is 4. The summed E-state index contributed by atoms with van der Waals surface area (Å²) in [6.45, 7) is 43.3. The highest BCUT2D eigenvalue weighted by molar-refractivity contribution is 5.83. The Morgan fingerprint density at radius 3 is 0.895 bits per heavy atom. The van der Waals surface area contributed by atoms with E-state index in [4.69, 9.17) is 66.3 Å². The second-order valence-electron chi connectivity index (χ2n) is 40.2. The maximum Gasteiger partial charge on any atom is 0.311 e. The Balaban J connectivity index is 1.13. The molecule has 3 heterocycles. The third kappa shape index (κ3) is 29.1. The molecule has 7 rings (SSSR count). The zero-order chi connectivity index (χ0) is 92.7. The SMILES string of the molecule is CCOC(=O)Cc1cccc(-c2cc(CCCC(=O)N3CCN(C(=O)CCCc4ccc(O[C@H]5O[C@H](COC(=O)C(C)(C)C)[C@@H](OC(=O)C(C)(C)C)[C@H](OC(=O)C(C)(C)C)[C@@H]5OC(=O)C(C)(C)C)c(-c5cccc(CC(=O)OCC)c5)c4)CC3)ccc2O[C@H]2O[C@H](COC(=O)C(C)(C)C)[C@@H](OC(=O)C(C)(C)C)[C@H](OC(=O)C(C)(C)C)[C@@H]2OC(=O)C(C)(C)C)c1. The van der Waals surface area contributed by atoms with Crippen molar-refractivity contribution in [3.05, 3.63) is 107 Å². The van der Waals surface area contributed by atoms with E-state index >= 15 is 0 Å². The van der Waals surface area contributed by atoms with Gasteiger partial charge in [-0.1, -0.05) is 60.7 Å². The van der Waals surface area contributed by atoms with E-state index < -0.39 is 178 Å². The second kappa shape index (κ2) is 41.9. The third-order valence-corrected chi connectivity index (χ3v) is 20.4. The summed E-state index contributed by atoms with van der Waals surface area (Å²) in [5, 5.41) is 0. The third-order valence-electron chi connectivity index (χ3n) is 20.4. The lowest BCUT2D eigenvalue weighted by molar-refractivity contribution is -0.293. The number of carbonyl (C=O) groups excluding carboxylic acids is 12. The molecule has 4 aromatic carbocycles. The summed E-state index contributed by atoms with van der Waals surface area (Å²) < 4.78 is 87.2. The topological polar surface area (TPSA) is 341 Å². The van der Waals surface area contributed by atoms with Crippen molar-refractivity contribution in [3.63, 3.8) is 0 Å². The summed E-state index contributed by atoms with van der Waals surface area (Å²) in [6.07, 6.45) is -13.7. The number of esters is 10. The van der Waals surface area contributed by atoms with E-state index in [9.17, 15) is 57.5 Å². The molecule has 0 unspecified atom stereocenters. The van der Waals surface area contributed by atoms with Crippen LogP contribution < -0.4 is 9.47 Å². The average molecular weight is 1730 g/mol. The highest BCUT2D eigenvalue weighted by Crippen LogP contribution is 2.43. The van der Waals surface area contributed by atoms with Crippen molar-refractivity contribution in [2.75, 3.05) is 52.6 Å². The first-order valence-electron chi connectivity index (χ1n) is 42.9. The van der Waals surface area contributed by atoms with Crippen LogP contribution in [0.25, 0.3) is 22.3 Å². The highest BCUT2D eigenvalue weighted by atomic mass is 16.8. The molecule has 0 radical (unpaired) electrons. The first-order chi connectivity index (χ1) is 57.4. The van der Waals surface area contributed by atoms with Gasteiger partial charge in [0.05, 0.1) is 69.4 Å². The minimum atomic E-state index is -1.64. The van der Waals surface area contributed by atoms with Crippen LogP contribution in [-0.4, -0.2) is 195 Å². The summed E-state index contributed by atoms with van der Waals surface area (Å²) in [5.74, 6) is -6.44. The van der Waals surface area contributed by atoms with E-state index in [2.05, 4.69) is 0 Å². The number of rotatable bonds is 30. The van der Waals surface area contributed by atoms with Crippen molar-refractivity contribution in [3.8, 4) is 33.8 Å². The Bertz CT molecular complexity index is 4160. The highest BCUT2D eigenvalue weighted by Gasteiger charge is 2.58. The number of nitrogens with zero attached hydrogens (tertiary/aromatic N) is 2. The van der Waals surface area contributed by atoms with Crippen molar-refractivity contribution in [2.24, 2.45) is 43.3 Å². The molecule has 0 bridgehead atoms. The van der Waals surface area contributed by atoms with Gasteiger partial charge in [-0.2, -0.15) is 0 Å². The number of hydrogen-bond acceptors (Lipinski definition) is 26. The first kappa shape index (κ1) is 101. The predicted molar refractivity (Wildman–Crippen MR) is 459 cm³/mol. The summed E-state index contributed by atoms with van der Waals surface area (Å²) in [5.41, 5.74) is -3.83. The molecule has 2 amide bonds. The minimum Gasteiger partial charge on any atom is -0.466 e. The molecule has 3 aliphatic heterocycles. The van der Waals surface area contributed by atoms with E-state index in [0.717, 1.165) is 11.1 Å². The lowest BCUT2D eigenvalue weighted by Crippen LogP contribution is -2.65. The molecular formula is C96H134N2O26. The largest absolute Gasteiger partial charge is 0.466 e. The monoisotopic (exact) mass is 1730 g/mol. The van der Waals surface area contributed by atoms with Gasteiger partial charge in [-0.05, 0) is 263 Å². The molecule has 28 heteroatoms. The van der Waals surface area contributed by atoms with Crippen molar-refractivity contribution < 1.29 is 124 Å². The Kier molecular flexibility index (Phi) is 34.2. The fourth-order valence-electron chi connectivity index (χ4n) is 12.8. The Labute approximate surface area is 731 Å². The van der Waals surface area contributed by atoms with Gasteiger partial charge in [0.25, 0.3) is 0 Å². The molecule has 124 heavy (non-hydrogen) atoms. The molecule has 3 saturated heterocycles. The standard InChI is InChI=1S/C96H134N2O26/c1-27-111-71(101)53-59-35-29-37-61(49-59)63-51-57(41-43-65(63)115-79-77(123-87(109)95(21,22)23)75(121-85(107)93(15,16)17)73(119-83(105)91(9,10)11)67(117-79)55-113-81(103)89(3,4)5)33-31-39-69(99)97-45-47-98(48-46-97)70(100)40-32-34-58-42-44-66(64(52-58)62-38-30-36-60(50-62)54-72(102)112-28-2)116-80-78(124-88(110)96(24,25)26)76(122-86(108)94(18,19)20)74(120-84(106)92(12,13)14)68(118-80)56-114-82(104)90(6,7)8/h29-30,35-38,41-44,49-52,67-68,73-80H,27-28,31-34,39-40,45-48,53-56H2,1-26H3/t67-,68-,73-,74-,75+,76+,77+,78+,79+,80+/m1/s1. The zero-order valence-corrected chi connectivity index (χ0v) is 77.7. The molecule has 0 N–H and O–H groups in total. The van der Waals surface area contributed by atoms with Crippen LogP contribution in [0.2, 0.25) is 0 Å². The van der Waals surface area contributed by atoms with E-state index in [1.165, 1.54) is 0 Å². The smallest absolute Gasteiger partial charge is 0.311 e. The van der Waals surface area contributed by atoms with Gasteiger partial charge in [0.1, 0.15) is 36.9 Å². The van der Waals surface area contributed by atoms with Crippen LogP contribution in [0.15, 0.2) is 84.9 Å². The molecule has 3 fully saturated rings. The quantitative estimate of drug-likeness (QED) is 0.0346. The van der Waals surface area contributed by atoms with Crippen LogP contribution >= 0.6 is 0 Å². The molecule has 4 aromatic rings. The van der Waals surface area contributed by atoms with Gasteiger partial charge in [0.15, 0.2) is 24.4 Å². The van der Waals surface area contributed by atoms with Gasteiger partial charge >= 0.3 is 59.7 Å². The van der Waals surface area contributed by atoms with Crippen molar-refractivity contribution >= 4 is 71.5 Å².